The van der Waals surface area contributed by atoms with Gasteiger partial charge in [0.1, 0.15) is 4.70 Å². The molecule has 2 aromatic heterocycles. The summed E-state index contributed by atoms with van der Waals surface area (Å²) in [6.45, 7) is 1.79. The highest BCUT2D eigenvalue weighted by molar-refractivity contribution is 9.10. The molecule has 6 nitrogen and oxygen atoms in total. The zero-order valence-electron chi connectivity index (χ0n) is 11.2. The molecule has 114 valence electrons. The van der Waals surface area contributed by atoms with E-state index in [1.165, 1.54) is 28.0 Å². The number of rotatable bonds is 2. The van der Waals surface area contributed by atoms with E-state index in [4.69, 9.17) is 4.42 Å². The summed E-state index contributed by atoms with van der Waals surface area (Å²) in [6.07, 6.45) is 1.21. The van der Waals surface area contributed by atoms with Crippen LogP contribution in [0.3, 0.4) is 0 Å². The van der Waals surface area contributed by atoms with E-state index in [2.05, 4.69) is 15.9 Å². The largest absolute Gasteiger partial charge is 0.438 e. The predicted octanol–water partition coefficient (Wildman–Crippen LogP) is 1.70. The summed E-state index contributed by atoms with van der Waals surface area (Å²) in [7, 11) is -3.16. The highest BCUT2D eigenvalue weighted by atomic mass is 79.9. The maximum absolute atomic E-state index is 12.1. The lowest BCUT2D eigenvalue weighted by Gasteiger charge is -2.33. The average molecular weight is 393 g/mol. The van der Waals surface area contributed by atoms with E-state index in [0.717, 1.165) is 4.47 Å². The first kappa shape index (κ1) is 15.0. The molecule has 0 spiro atoms. The maximum atomic E-state index is 12.1. The monoisotopic (exact) mass is 392 g/mol. The van der Waals surface area contributed by atoms with Crippen LogP contribution in [0, 0.1) is 0 Å². The lowest BCUT2D eigenvalue weighted by Crippen LogP contribution is -2.48. The van der Waals surface area contributed by atoms with Gasteiger partial charge in [0.25, 0.3) is 0 Å². The van der Waals surface area contributed by atoms with Crippen molar-refractivity contribution in [2.45, 2.75) is 0 Å². The first-order chi connectivity index (χ1) is 9.86. The van der Waals surface area contributed by atoms with E-state index >= 15 is 0 Å². The van der Waals surface area contributed by atoms with Crippen LogP contribution in [-0.2, 0) is 10.0 Å². The summed E-state index contributed by atoms with van der Waals surface area (Å²) < 4.78 is 31.6. The van der Waals surface area contributed by atoms with Crippen LogP contribution in [0.25, 0.3) is 10.3 Å². The molecule has 0 bridgehead atoms. The van der Waals surface area contributed by atoms with Gasteiger partial charge >= 0.3 is 0 Å². The maximum Gasteiger partial charge on any atom is 0.211 e. The Morgan fingerprint density at radius 1 is 1.29 bits per heavy atom. The molecule has 1 saturated heterocycles. The van der Waals surface area contributed by atoms with E-state index in [9.17, 15) is 13.2 Å². The van der Waals surface area contributed by atoms with Gasteiger partial charge in [-0.2, -0.15) is 4.31 Å². The summed E-state index contributed by atoms with van der Waals surface area (Å²) in [4.78, 5) is 14.0. The highest BCUT2D eigenvalue weighted by Crippen LogP contribution is 2.31. The topological polar surface area (TPSA) is 70.8 Å². The number of sulfonamides is 1. The molecule has 0 radical (unpaired) electrons. The van der Waals surface area contributed by atoms with Crippen LogP contribution >= 0.6 is 27.3 Å². The van der Waals surface area contributed by atoms with Gasteiger partial charge in [0, 0.05) is 37.6 Å². The normalized spacial score (nSPS) is 17.5. The van der Waals surface area contributed by atoms with Crippen molar-refractivity contribution in [3.8, 4) is 0 Å². The van der Waals surface area contributed by atoms with Crippen LogP contribution in [-0.4, -0.2) is 45.2 Å². The average Bonchev–Trinajstić information content (AvgIpc) is 2.80. The molecule has 1 aliphatic heterocycles. The Hall–Kier alpha value is -0.900. The van der Waals surface area contributed by atoms with Crippen molar-refractivity contribution in [1.29, 1.82) is 0 Å². The summed E-state index contributed by atoms with van der Waals surface area (Å²) in [5.74, 6) is 0.486. The number of nitrogens with zero attached hydrogens (tertiary/aromatic N) is 2. The van der Waals surface area contributed by atoms with Gasteiger partial charge in [-0.15, -0.1) is 11.3 Å². The molecule has 3 rings (SSSR count). The number of halogens is 1. The molecule has 3 heterocycles. The van der Waals surface area contributed by atoms with Crippen LogP contribution in [0.15, 0.2) is 25.1 Å². The fourth-order valence-electron chi connectivity index (χ4n) is 2.30. The summed E-state index contributed by atoms with van der Waals surface area (Å²) >= 11 is 4.71. The second-order valence-corrected chi connectivity index (χ2v) is 8.56. The van der Waals surface area contributed by atoms with Gasteiger partial charge in [-0.05, 0) is 15.9 Å². The van der Waals surface area contributed by atoms with Crippen molar-refractivity contribution in [2.24, 2.45) is 0 Å². The van der Waals surface area contributed by atoms with Crippen molar-refractivity contribution in [1.82, 2.24) is 4.31 Å². The van der Waals surface area contributed by atoms with Gasteiger partial charge in [-0.3, -0.25) is 4.79 Å². The minimum atomic E-state index is -3.16. The number of anilines is 1. The number of hydrogen-bond donors (Lipinski definition) is 0. The molecule has 0 aliphatic carbocycles. The fraction of sp³-hybridized carbons (Fsp3) is 0.417. The molecule has 0 atom stereocenters. The van der Waals surface area contributed by atoms with Crippen LogP contribution in [0.5, 0.6) is 0 Å². The Kier molecular flexibility index (Phi) is 3.85. The van der Waals surface area contributed by atoms with E-state index in [1.54, 1.807) is 0 Å². The van der Waals surface area contributed by atoms with Crippen molar-refractivity contribution in [3.05, 3.63) is 26.1 Å². The van der Waals surface area contributed by atoms with Gasteiger partial charge in [-0.25, -0.2) is 8.42 Å². The standard InChI is InChI=1S/C12H13BrN2O4S2/c1-21(17,18)15-4-2-14(3-5-15)10-6-9(16)12-11(19-10)8(13)7-20-12/h6-7H,2-5H2,1H3. The zero-order chi connectivity index (χ0) is 15.2. The molecular weight excluding hydrogens is 380 g/mol. The molecule has 0 saturated carbocycles. The molecule has 2 aromatic rings. The number of piperazine rings is 1. The number of hydrogen-bond acceptors (Lipinski definition) is 6. The van der Waals surface area contributed by atoms with E-state index in [0.29, 0.717) is 42.3 Å². The molecule has 9 heteroatoms. The fourth-order valence-corrected chi connectivity index (χ4v) is 4.58. The lowest BCUT2D eigenvalue weighted by atomic mass is 10.3. The molecule has 0 unspecified atom stereocenters. The van der Waals surface area contributed by atoms with Crippen molar-refractivity contribution in [2.75, 3.05) is 37.3 Å². The smallest absolute Gasteiger partial charge is 0.211 e. The minimum absolute atomic E-state index is 0.0764. The predicted molar refractivity (Wildman–Crippen MR) is 86.7 cm³/mol. The Labute approximate surface area is 134 Å². The van der Waals surface area contributed by atoms with Crippen molar-refractivity contribution in [3.63, 3.8) is 0 Å². The molecule has 1 fully saturated rings. The SMILES string of the molecule is CS(=O)(=O)N1CCN(c2cc(=O)c3scc(Br)c3o2)CC1. The van der Waals surface area contributed by atoms with E-state index in [1.807, 2.05) is 10.3 Å². The van der Waals surface area contributed by atoms with Gasteiger partial charge < -0.3 is 9.32 Å². The summed E-state index contributed by atoms with van der Waals surface area (Å²) in [6, 6.07) is 1.47. The van der Waals surface area contributed by atoms with Crippen LogP contribution in [0.1, 0.15) is 0 Å². The van der Waals surface area contributed by atoms with Gasteiger partial charge in [0.05, 0.1) is 10.7 Å². The van der Waals surface area contributed by atoms with E-state index in [-0.39, 0.29) is 5.43 Å². The van der Waals surface area contributed by atoms with Crippen LogP contribution in [0.2, 0.25) is 0 Å². The second-order valence-electron chi connectivity index (χ2n) is 4.84. The van der Waals surface area contributed by atoms with E-state index < -0.39 is 10.0 Å². The molecular formula is C12H13BrN2O4S2. The van der Waals surface area contributed by atoms with Gasteiger partial charge in [0.15, 0.2) is 11.5 Å². The van der Waals surface area contributed by atoms with Crippen molar-refractivity contribution >= 4 is 53.5 Å². The lowest BCUT2D eigenvalue weighted by molar-refractivity contribution is 0.378. The molecule has 0 aromatic carbocycles. The van der Waals surface area contributed by atoms with Gasteiger partial charge in [-0.1, -0.05) is 0 Å². The van der Waals surface area contributed by atoms with Gasteiger partial charge in [0.2, 0.25) is 15.5 Å². The Bertz CT molecular complexity index is 835. The molecule has 0 amide bonds. The first-order valence-corrected chi connectivity index (χ1v) is 9.79. The Morgan fingerprint density at radius 3 is 2.57 bits per heavy atom. The van der Waals surface area contributed by atoms with Crippen molar-refractivity contribution < 1.29 is 12.8 Å². The van der Waals surface area contributed by atoms with Crippen LogP contribution in [0.4, 0.5) is 5.88 Å². The Morgan fingerprint density at radius 2 is 1.95 bits per heavy atom. The molecule has 21 heavy (non-hydrogen) atoms. The zero-order valence-corrected chi connectivity index (χ0v) is 14.4. The number of fused-ring (bicyclic) bond motifs is 1. The second kappa shape index (κ2) is 5.38. The molecule has 1 aliphatic rings. The quantitative estimate of drug-likeness (QED) is 0.777. The minimum Gasteiger partial charge on any atom is -0.438 e. The highest BCUT2D eigenvalue weighted by Gasteiger charge is 2.25. The third-order valence-corrected chi connectivity index (χ3v) is 6.58. The summed E-state index contributed by atoms with van der Waals surface area (Å²) in [5.41, 5.74) is 0.473. The number of thiophene rings is 1. The molecule has 0 N–H and O–H groups in total. The Balaban J connectivity index is 1.89. The van der Waals surface area contributed by atoms with Crippen LogP contribution < -0.4 is 10.3 Å². The third kappa shape index (κ3) is 2.87. The summed E-state index contributed by atoms with van der Waals surface area (Å²) in [5, 5.41) is 1.82. The first-order valence-electron chi connectivity index (χ1n) is 6.27. The third-order valence-electron chi connectivity index (χ3n) is 3.41.